The zero-order valence-electron chi connectivity index (χ0n) is 21.2. The number of ether oxygens (including phenoxy) is 1. The highest BCUT2D eigenvalue weighted by molar-refractivity contribution is 6.09. The van der Waals surface area contributed by atoms with Crippen LogP contribution in [0.2, 0.25) is 0 Å². The van der Waals surface area contributed by atoms with Gasteiger partial charge in [-0.15, -0.1) is 0 Å². The van der Waals surface area contributed by atoms with Crippen LogP contribution in [0.25, 0.3) is 66.4 Å². The van der Waals surface area contributed by atoms with E-state index in [2.05, 4.69) is 115 Å². The monoisotopic (exact) mass is 500 g/mol. The predicted molar refractivity (Wildman–Crippen MR) is 160 cm³/mol. The van der Waals surface area contributed by atoms with Crippen molar-refractivity contribution in [1.29, 1.82) is 0 Å². The molecule has 1 aliphatic rings. The van der Waals surface area contributed by atoms with Crippen molar-refractivity contribution < 1.29 is 9.15 Å². The highest BCUT2D eigenvalue weighted by Crippen LogP contribution is 2.43. The molecule has 0 fully saturated rings. The highest BCUT2D eigenvalue weighted by Gasteiger charge is 2.20. The number of rotatable bonds is 3. The van der Waals surface area contributed by atoms with Crippen LogP contribution in [0.3, 0.4) is 0 Å². The zero-order valence-corrected chi connectivity index (χ0v) is 21.2. The topological polar surface area (TPSA) is 22.4 Å². The van der Waals surface area contributed by atoms with Crippen molar-refractivity contribution >= 4 is 21.9 Å². The molecule has 0 saturated heterocycles. The first-order valence-electron chi connectivity index (χ1n) is 13.3. The second-order valence-electron chi connectivity index (χ2n) is 10.1. The first kappa shape index (κ1) is 22.0. The van der Waals surface area contributed by atoms with E-state index in [-0.39, 0.29) is 0 Å². The molecular formula is C37H24O2. The van der Waals surface area contributed by atoms with Gasteiger partial charge in [-0.1, -0.05) is 115 Å². The van der Waals surface area contributed by atoms with Crippen LogP contribution >= 0.6 is 0 Å². The van der Waals surface area contributed by atoms with E-state index in [4.69, 9.17) is 9.15 Å². The van der Waals surface area contributed by atoms with Crippen molar-refractivity contribution in [2.45, 2.75) is 6.61 Å². The lowest BCUT2D eigenvalue weighted by Crippen LogP contribution is -2.06. The summed E-state index contributed by atoms with van der Waals surface area (Å²) in [7, 11) is 0. The van der Waals surface area contributed by atoms with Gasteiger partial charge in [0, 0.05) is 21.9 Å². The summed E-state index contributed by atoms with van der Waals surface area (Å²) in [5, 5.41) is 2.30. The Hall–Kier alpha value is -5.08. The maximum atomic E-state index is 6.31. The Labute approximate surface area is 226 Å². The van der Waals surface area contributed by atoms with E-state index in [0.29, 0.717) is 6.61 Å². The van der Waals surface area contributed by atoms with Gasteiger partial charge in [0.25, 0.3) is 0 Å². The number of furan rings is 1. The molecular weight excluding hydrogens is 476 g/mol. The molecule has 6 aromatic carbocycles. The fourth-order valence-electron chi connectivity index (χ4n) is 5.92. The third-order valence-corrected chi connectivity index (χ3v) is 7.80. The number of fused-ring (bicyclic) bond motifs is 6. The standard InChI is InChI=1S/C37H24O2/c1-4-17-35-31(11-1)32-15-7-14-30(37(32)39-35)27-9-5-8-26(22-27)24-18-20-25(21-19-24)29-13-6-10-28-23-38-34-16-3-2-12-33(34)36(28)29/h1-22H,23H2. The van der Waals surface area contributed by atoms with Crippen molar-refractivity contribution in [1.82, 2.24) is 0 Å². The molecule has 0 N–H and O–H groups in total. The molecule has 0 radical (unpaired) electrons. The van der Waals surface area contributed by atoms with E-state index in [1.54, 1.807) is 0 Å². The van der Waals surface area contributed by atoms with Crippen molar-refractivity contribution in [2.24, 2.45) is 0 Å². The Bertz CT molecular complexity index is 2010. The van der Waals surface area contributed by atoms with Crippen LogP contribution in [0.1, 0.15) is 5.56 Å². The molecule has 0 saturated carbocycles. The molecule has 2 nitrogen and oxygen atoms in total. The largest absolute Gasteiger partial charge is 0.488 e. The van der Waals surface area contributed by atoms with Gasteiger partial charge in [0.05, 0.1) is 0 Å². The van der Waals surface area contributed by atoms with Crippen LogP contribution in [0.15, 0.2) is 138 Å². The van der Waals surface area contributed by atoms with Gasteiger partial charge in [0.15, 0.2) is 0 Å². The molecule has 0 bridgehead atoms. The fraction of sp³-hybridized carbons (Fsp3) is 0.0270. The second kappa shape index (κ2) is 8.75. The summed E-state index contributed by atoms with van der Waals surface area (Å²) in [5.74, 6) is 0.949. The van der Waals surface area contributed by atoms with E-state index in [9.17, 15) is 0 Å². The minimum absolute atomic E-state index is 0.600. The SMILES string of the molecule is c1cc(-c2ccc(-c3cccc4c3-c3ccccc3OC4)cc2)cc(-c2cccc3c2oc2ccccc23)c1. The van der Waals surface area contributed by atoms with Crippen LogP contribution < -0.4 is 4.74 Å². The minimum atomic E-state index is 0.600. The molecule has 0 atom stereocenters. The lowest BCUT2D eigenvalue weighted by atomic mass is 9.88. The first-order chi connectivity index (χ1) is 19.3. The van der Waals surface area contributed by atoms with E-state index in [1.807, 2.05) is 18.2 Å². The number of para-hydroxylation sites is 3. The summed E-state index contributed by atoms with van der Waals surface area (Å²) >= 11 is 0. The second-order valence-corrected chi connectivity index (χ2v) is 10.1. The third-order valence-electron chi connectivity index (χ3n) is 7.80. The van der Waals surface area contributed by atoms with E-state index in [1.165, 1.54) is 33.4 Å². The third kappa shape index (κ3) is 3.57. The molecule has 8 rings (SSSR count). The first-order valence-corrected chi connectivity index (χ1v) is 13.3. The molecule has 0 spiro atoms. The smallest absolute Gasteiger partial charge is 0.143 e. The van der Waals surface area contributed by atoms with E-state index in [0.717, 1.165) is 44.4 Å². The van der Waals surface area contributed by atoms with Gasteiger partial charge < -0.3 is 9.15 Å². The van der Waals surface area contributed by atoms with Gasteiger partial charge in [-0.05, 0) is 57.1 Å². The molecule has 0 amide bonds. The highest BCUT2D eigenvalue weighted by atomic mass is 16.5. The molecule has 7 aromatic rings. The van der Waals surface area contributed by atoms with E-state index < -0.39 is 0 Å². The Morgan fingerprint density at radius 3 is 2.10 bits per heavy atom. The maximum Gasteiger partial charge on any atom is 0.143 e. The van der Waals surface area contributed by atoms with Crippen molar-refractivity contribution in [3.8, 4) is 50.3 Å². The fourth-order valence-corrected chi connectivity index (χ4v) is 5.92. The van der Waals surface area contributed by atoms with Gasteiger partial charge in [0.2, 0.25) is 0 Å². The van der Waals surface area contributed by atoms with Gasteiger partial charge in [-0.3, -0.25) is 0 Å². The van der Waals surface area contributed by atoms with Crippen LogP contribution in [0.5, 0.6) is 5.75 Å². The van der Waals surface area contributed by atoms with Gasteiger partial charge in [0.1, 0.15) is 23.5 Å². The van der Waals surface area contributed by atoms with Gasteiger partial charge in [-0.2, -0.15) is 0 Å². The van der Waals surface area contributed by atoms with Crippen LogP contribution in [0.4, 0.5) is 0 Å². The predicted octanol–water partition coefficient (Wildman–Crippen LogP) is 10.1. The lowest BCUT2D eigenvalue weighted by Gasteiger charge is -2.23. The molecule has 1 aromatic heterocycles. The zero-order chi connectivity index (χ0) is 25.8. The molecule has 0 aliphatic carbocycles. The average molecular weight is 501 g/mol. The van der Waals surface area contributed by atoms with Crippen LogP contribution in [0, 0.1) is 0 Å². The molecule has 2 heteroatoms. The Morgan fingerprint density at radius 1 is 0.462 bits per heavy atom. The summed E-state index contributed by atoms with van der Waals surface area (Å²) in [4.78, 5) is 0. The quantitative estimate of drug-likeness (QED) is 0.241. The maximum absolute atomic E-state index is 6.31. The lowest BCUT2D eigenvalue weighted by molar-refractivity contribution is 0.302. The summed E-state index contributed by atoms with van der Waals surface area (Å²) < 4.78 is 12.3. The number of benzene rings is 6. The normalized spacial score (nSPS) is 12.2. The van der Waals surface area contributed by atoms with Crippen molar-refractivity contribution in [3.05, 3.63) is 139 Å². The molecule has 1 aliphatic heterocycles. The van der Waals surface area contributed by atoms with Gasteiger partial charge in [-0.25, -0.2) is 0 Å². The van der Waals surface area contributed by atoms with Crippen molar-refractivity contribution in [3.63, 3.8) is 0 Å². The van der Waals surface area contributed by atoms with Crippen molar-refractivity contribution in [2.75, 3.05) is 0 Å². The average Bonchev–Trinajstić information content (AvgIpc) is 3.40. The molecule has 184 valence electrons. The molecule has 0 unspecified atom stereocenters. The Morgan fingerprint density at radius 2 is 1.15 bits per heavy atom. The number of hydrogen-bond donors (Lipinski definition) is 0. The minimum Gasteiger partial charge on any atom is -0.488 e. The summed E-state index contributed by atoms with van der Waals surface area (Å²) in [5.41, 5.74) is 12.6. The Balaban J connectivity index is 1.19. The summed E-state index contributed by atoms with van der Waals surface area (Å²) in [6.07, 6.45) is 0. The van der Waals surface area contributed by atoms with E-state index >= 15 is 0 Å². The molecule has 2 heterocycles. The molecule has 39 heavy (non-hydrogen) atoms. The Kier molecular flexibility index (Phi) is 4.92. The van der Waals surface area contributed by atoms with Crippen LogP contribution in [-0.2, 0) is 6.61 Å². The van der Waals surface area contributed by atoms with Gasteiger partial charge >= 0.3 is 0 Å². The van der Waals surface area contributed by atoms with Crippen LogP contribution in [-0.4, -0.2) is 0 Å². The number of hydrogen-bond acceptors (Lipinski definition) is 2. The summed E-state index contributed by atoms with van der Waals surface area (Å²) in [6.45, 7) is 0.600. The summed E-state index contributed by atoms with van der Waals surface area (Å²) in [6, 6.07) is 47.1.